The highest BCUT2D eigenvalue weighted by atomic mass is 15.3. The summed E-state index contributed by atoms with van der Waals surface area (Å²) in [4.78, 5) is 0. The van der Waals surface area contributed by atoms with Crippen molar-refractivity contribution >= 4 is 0 Å². The smallest absolute Gasteiger partial charge is 0.104 e. The van der Waals surface area contributed by atoms with E-state index in [2.05, 4.69) is 51.1 Å². The van der Waals surface area contributed by atoms with Crippen LogP contribution in [0.3, 0.4) is 0 Å². The molecule has 0 radical (unpaired) electrons. The van der Waals surface area contributed by atoms with Crippen LogP contribution in [-0.4, -0.2) is 24.1 Å². The van der Waals surface area contributed by atoms with Crippen LogP contribution < -0.4 is 0 Å². The third-order valence-corrected chi connectivity index (χ3v) is 5.49. The molecule has 0 spiro atoms. The molecule has 0 N–H and O–H groups in total. The van der Waals surface area contributed by atoms with Crippen LogP contribution >= 0.6 is 0 Å². The Morgan fingerprint density at radius 3 is 1.60 bits per heavy atom. The minimum atomic E-state index is 1.22. The highest BCUT2D eigenvalue weighted by Gasteiger charge is 2.25. The molecule has 1 aromatic carbocycles. The minimum Gasteiger partial charge on any atom is -0.320 e. The maximum Gasteiger partial charge on any atom is 0.104 e. The van der Waals surface area contributed by atoms with Gasteiger partial charge in [-0.1, -0.05) is 96.0 Å². The molecule has 0 saturated carbocycles. The van der Waals surface area contributed by atoms with E-state index >= 15 is 0 Å². The Kier molecular flexibility index (Phi) is 12.8. The lowest BCUT2D eigenvalue weighted by atomic mass is 10.1. The first-order valence-electron chi connectivity index (χ1n) is 11.2. The van der Waals surface area contributed by atoms with Gasteiger partial charge < -0.3 is 4.48 Å². The second-order valence-corrected chi connectivity index (χ2v) is 7.98. The zero-order valence-corrected chi connectivity index (χ0v) is 17.4. The van der Waals surface area contributed by atoms with Crippen molar-refractivity contribution in [3.63, 3.8) is 0 Å². The van der Waals surface area contributed by atoms with E-state index in [0.29, 0.717) is 0 Å². The maximum atomic E-state index is 2.35. The SMILES string of the molecule is CCCCCCCCCCC[N+](CCC)(CCC)Cc1ccccc1. The molecule has 1 nitrogen and oxygen atoms in total. The van der Waals surface area contributed by atoms with E-state index in [1.165, 1.54) is 107 Å². The average molecular weight is 347 g/mol. The first-order valence-corrected chi connectivity index (χ1v) is 11.2. The van der Waals surface area contributed by atoms with E-state index in [4.69, 9.17) is 0 Å². The van der Waals surface area contributed by atoms with Gasteiger partial charge in [-0.05, 0) is 25.7 Å². The summed E-state index contributed by atoms with van der Waals surface area (Å²) in [6, 6.07) is 11.2. The second kappa shape index (κ2) is 14.4. The van der Waals surface area contributed by atoms with Crippen molar-refractivity contribution in [3.05, 3.63) is 35.9 Å². The zero-order valence-electron chi connectivity index (χ0n) is 17.4. The van der Waals surface area contributed by atoms with Crippen molar-refractivity contribution in [3.8, 4) is 0 Å². The summed E-state index contributed by atoms with van der Waals surface area (Å²) < 4.78 is 1.30. The van der Waals surface area contributed by atoms with Crippen molar-refractivity contribution in [2.75, 3.05) is 19.6 Å². The third kappa shape index (κ3) is 10.0. The first kappa shape index (κ1) is 22.2. The normalized spacial score (nSPS) is 11.8. The Morgan fingerprint density at radius 2 is 1.08 bits per heavy atom. The summed E-state index contributed by atoms with van der Waals surface area (Å²) >= 11 is 0. The van der Waals surface area contributed by atoms with Gasteiger partial charge >= 0.3 is 0 Å². The summed E-state index contributed by atoms with van der Waals surface area (Å²) in [7, 11) is 0. The number of nitrogens with zero attached hydrogens (tertiary/aromatic N) is 1. The maximum absolute atomic E-state index is 2.35. The van der Waals surface area contributed by atoms with Crippen LogP contribution in [0.1, 0.15) is 97.0 Å². The molecule has 0 atom stereocenters. The van der Waals surface area contributed by atoms with Gasteiger partial charge in [0.2, 0.25) is 0 Å². The average Bonchev–Trinajstić information content (AvgIpc) is 2.62. The van der Waals surface area contributed by atoms with Crippen LogP contribution in [0.25, 0.3) is 0 Å². The van der Waals surface area contributed by atoms with Gasteiger partial charge in [0.15, 0.2) is 0 Å². The van der Waals surface area contributed by atoms with E-state index < -0.39 is 0 Å². The summed E-state index contributed by atoms with van der Waals surface area (Å²) in [6.07, 6.45) is 15.4. The zero-order chi connectivity index (χ0) is 18.2. The fraction of sp³-hybridized carbons (Fsp3) is 0.750. The summed E-state index contributed by atoms with van der Waals surface area (Å²) in [5.41, 5.74) is 1.51. The van der Waals surface area contributed by atoms with Crippen molar-refractivity contribution in [1.29, 1.82) is 0 Å². The summed E-state index contributed by atoms with van der Waals surface area (Å²) in [5, 5.41) is 0. The number of quaternary nitrogens is 1. The van der Waals surface area contributed by atoms with Crippen molar-refractivity contribution in [2.24, 2.45) is 0 Å². The molecule has 0 aliphatic carbocycles. The topological polar surface area (TPSA) is 0 Å². The van der Waals surface area contributed by atoms with E-state index in [-0.39, 0.29) is 0 Å². The Bertz CT molecular complexity index is 392. The molecule has 0 aliphatic heterocycles. The van der Waals surface area contributed by atoms with Crippen LogP contribution in [0.15, 0.2) is 30.3 Å². The molecule has 0 aliphatic rings. The number of hydrogen-bond acceptors (Lipinski definition) is 0. The van der Waals surface area contributed by atoms with Crippen LogP contribution in [0.2, 0.25) is 0 Å². The van der Waals surface area contributed by atoms with Crippen LogP contribution in [-0.2, 0) is 6.54 Å². The van der Waals surface area contributed by atoms with Crippen molar-refractivity contribution in [2.45, 2.75) is 97.9 Å². The van der Waals surface area contributed by atoms with Crippen LogP contribution in [0.5, 0.6) is 0 Å². The van der Waals surface area contributed by atoms with E-state index in [1.54, 1.807) is 0 Å². The highest BCUT2D eigenvalue weighted by Crippen LogP contribution is 2.19. The van der Waals surface area contributed by atoms with E-state index in [0.717, 1.165) is 0 Å². The van der Waals surface area contributed by atoms with Gasteiger partial charge in [-0.3, -0.25) is 0 Å². The molecule has 1 aromatic rings. The molecule has 0 unspecified atom stereocenters. The monoisotopic (exact) mass is 346 g/mol. The molecule has 0 amide bonds. The predicted octanol–water partition coefficient (Wildman–Crippen LogP) is 7.35. The second-order valence-electron chi connectivity index (χ2n) is 7.98. The molecule has 144 valence electrons. The third-order valence-electron chi connectivity index (χ3n) is 5.49. The van der Waals surface area contributed by atoms with Crippen molar-refractivity contribution in [1.82, 2.24) is 0 Å². The number of unbranched alkanes of at least 4 members (excludes halogenated alkanes) is 8. The first-order chi connectivity index (χ1) is 12.3. The Balaban J connectivity index is 2.37. The lowest BCUT2D eigenvalue weighted by molar-refractivity contribution is -0.941. The standard InChI is InChI=1S/C24H44N/c1-4-7-8-9-10-11-12-13-17-22-25(20-5-2,21-6-3)23-24-18-15-14-16-19-24/h14-16,18-19H,4-13,17,20-23H2,1-3H3/q+1. The molecule has 0 fully saturated rings. The Labute approximate surface area is 158 Å². The predicted molar refractivity (Wildman–Crippen MR) is 113 cm³/mol. The van der Waals surface area contributed by atoms with Crippen LogP contribution in [0, 0.1) is 0 Å². The molecule has 1 rings (SSSR count). The molecule has 25 heavy (non-hydrogen) atoms. The van der Waals surface area contributed by atoms with E-state index in [9.17, 15) is 0 Å². The number of hydrogen-bond donors (Lipinski definition) is 0. The Hall–Kier alpha value is -0.820. The minimum absolute atomic E-state index is 1.22. The van der Waals surface area contributed by atoms with Gasteiger partial charge in [-0.15, -0.1) is 0 Å². The highest BCUT2D eigenvalue weighted by molar-refractivity contribution is 5.13. The molecule has 0 bridgehead atoms. The molecule has 0 aromatic heterocycles. The van der Waals surface area contributed by atoms with Gasteiger partial charge in [0.1, 0.15) is 6.54 Å². The molecular formula is C24H44N+. The number of benzene rings is 1. The lowest BCUT2D eigenvalue weighted by Gasteiger charge is -2.39. The van der Waals surface area contributed by atoms with Crippen molar-refractivity contribution < 1.29 is 4.48 Å². The van der Waals surface area contributed by atoms with Gasteiger partial charge in [0, 0.05) is 5.56 Å². The van der Waals surface area contributed by atoms with Gasteiger partial charge in [0.25, 0.3) is 0 Å². The lowest BCUT2D eigenvalue weighted by Crippen LogP contribution is -2.49. The summed E-state index contributed by atoms with van der Waals surface area (Å²) in [5.74, 6) is 0. The molecular weight excluding hydrogens is 302 g/mol. The fourth-order valence-electron chi connectivity index (χ4n) is 4.25. The van der Waals surface area contributed by atoms with Gasteiger partial charge in [-0.25, -0.2) is 0 Å². The molecule has 0 heterocycles. The molecule has 1 heteroatoms. The van der Waals surface area contributed by atoms with E-state index in [1.807, 2.05) is 0 Å². The fourth-order valence-corrected chi connectivity index (χ4v) is 4.25. The van der Waals surface area contributed by atoms with Gasteiger partial charge in [0.05, 0.1) is 19.6 Å². The quantitative estimate of drug-likeness (QED) is 0.217. The number of rotatable bonds is 16. The summed E-state index contributed by atoms with van der Waals surface area (Å²) in [6.45, 7) is 12.3. The largest absolute Gasteiger partial charge is 0.320 e. The Morgan fingerprint density at radius 1 is 0.560 bits per heavy atom. The van der Waals surface area contributed by atoms with Gasteiger partial charge in [-0.2, -0.15) is 0 Å². The molecule has 0 saturated heterocycles. The van der Waals surface area contributed by atoms with Crippen LogP contribution in [0.4, 0.5) is 0 Å².